The minimum absolute atomic E-state index is 0.00558. The average molecular weight is 335 g/mol. The Morgan fingerprint density at radius 1 is 1.52 bits per heavy atom. The number of rotatable bonds is 5. The van der Waals surface area contributed by atoms with E-state index in [1.807, 2.05) is 13.0 Å². The molecular weight excluding hydrogens is 314 g/mol. The summed E-state index contributed by atoms with van der Waals surface area (Å²) in [5, 5.41) is 9.30. The second-order valence-corrected chi connectivity index (χ2v) is 6.79. The van der Waals surface area contributed by atoms with Gasteiger partial charge >= 0.3 is 5.97 Å². The summed E-state index contributed by atoms with van der Waals surface area (Å²) in [5.74, 6) is 0.403. The Morgan fingerprint density at radius 2 is 2.30 bits per heavy atom. The molecule has 0 saturated heterocycles. The van der Waals surface area contributed by atoms with Crippen LogP contribution in [-0.4, -0.2) is 27.8 Å². The van der Waals surface area contributed by atoms with Crippen molar-refractivity contribution in [2.75, 3.05) is 5.75 Å². The topological polar surface area (TPSA) is 95.8 Å². The maximum atomic E-state index is 11.9. The average Bonchev–Trinajstić information content (AvgIpc) is 2.52. The number of hydrogen-bond acceptors (Lipinski definition) is 6. The molecule has 1 aliphatic carbocycles. The second kappa shape index (κ2) is 8.16. The van der Waals surface area contributed by atoms with Crippen molar-refractivity contribution in [3.05, 3.63) is 21.6 Å². The minimum atomic E-state index is -0.462. The monoisotopic (exact) mass is 335 g/mol. The Bertz CT molecular complexity index is 666. The van der Waals surface area contributed by atoms with E-state index in [-0.39, 0.29) is 23.4 Å². The zero-order chi connectivity index (χ0) is 16.8. The van der Waals surface area contributed by atoms with Gasteiger partial charge in [-0.15, -0.1) is 0 Å². The van der Waals surface area contributed by atoms with Gasteiger partial charge in [0.15, 0.2) is 5.16 Å². The molecule has 1 aliphatic rings. The molecule has 6 nitrogen and oxygen atoms in total. The summed E-state index contributed by atoms with van der Waals surface area (Å²) in [6.45, 7) is 4.00. The van der Waals surface area contributed by atoms with Crippen molar-refractivity contribution < 1.29 is 9.53 Å². The van der Waals surface area contributed by atoms with E-state index in [1.165, 1.54) is 6.42 Å². The molecule has 0 amide bonds. The second-order valence-electron chi connectivity index (χ2n) is 5.83. The summed E-state index contributed by atoms with van der Waals surface area (Å²) in [6.07, 6.45) is 4.63. The van der Waals surface area contributed by atoms with E-state index in [0.717, 1.165) is 31.0 Å². The van der Waals surface area contributed by atoms with Crippen LogP contribution in [-0.2, 0) is 16.0 Å². The SMILES string of the molecule is CCc1nc(SCC(=O)O[C@H]2CCC[C@H](C)C2)[nH]c(=O)c1C#N. The van der Waals surface area contributed by atoms with Gasteiger partial charge in [-0.1, -0.05) is 32.0 Å². The first-order valence-electron chi connectivity index (χ1n) is 7.89. The highest BCUT2D eigenvalue weighted by Crippen LogP contribution is 2.26. The molecule has 1 N–H and O–H groups in total. The summed E-state index contributed by atoms with van der Waals surface area (Å²) in [5.41, 5.74) is 0.0279. The molecule has 0 unspecified atom stereocenters. The van der Waals surface area contributed by atoms with Gasteiger partial charge in [-0.3, -0.25) is 9.59 Å². The van der Waals surface area contributed by atoms with Crippen LogP contribution in [0.1, 0.15) is 50.8 Å². The molecular formula is C16H21N3O3S. The van der Waals surface area contributed by atoms with E-state index >= 15 is 0 Å². The van der Waals surface area contributed by atoms with Crippen molar-refractivity contribution in [3.63, 3.8) is 0 Å². The highest BCUT2D eigenvalue weighted by Gasteiger charge is 2.22. The number of nitrogens with zero attached hydrogens (tertiary/aromatic N) is 2. The molecule has 0 aliphatic heterocycles. The van der Waals surface area contributed by atoms with Crippen molar-refractivity contribution >= 4 is 17.7 Å². The van der Waals surface area contributed by atoms with Crippen LogP contribution in [0.15, 0.2) is 9.95 Å². The summed E-state index contributed by atoms with van der Waals surface area (Å²) < 4.78 is 5.48. The van der Waals surface area contributed by atoms with E-state index in [1.54, 1.807) is 0 Å². The summed E-state index contributed by atoms with van der Waals surface area (Å²) in [4.78, 5) is 30.5. The molecule has 1 aromatic heterocycles. The molecule has 0 spiro atoms. The van der Waals surface area contributed by atoms with Crippen molar-refractivity contribution in [3.8, 4) is 6.07 Å². The number of nitrogens with one attached hydrogen (secondary N) is 1. The lowest BCUT2D eigenvalue weighted by Gasteiger charge is -2.26. The van der Waals surface area contributed by atoms with Crippen molar-refractivity contribution in [2.24, 2.45) is 5.92 Å². The Balaban J connectivity index is 1.93. The van der Waals surface area contributed by atoms with Gasteiger partial charge in [0.05, 0.1) is 11.4 Å². The third-order valence-electron chi connectivity index (χ3n) is 3.93. The molecule has 1 fully saturated rings. The zero-order valence-electron chi connectivity index (χ0n) is 13.4. The zero-order valence-corrected chi connectivity index (χ0v) is 14.2. The number of aromatic nitrogens is 2. The fraction of sp³-hybridized carbons (Fsp3) is 0.625. The molecule has 2 atom stereocenters. The van der Waals surface area contributed by atoms with Crippen LogP contribution >= 0.6 is 11.8 Å². The van der Waals surface area contributed by atoms with Gasteiger partial charge in [0.25, 0.3) is 5.56 Å². The number of nitriles is 1. The van der Waals surface area contributed by atoms with Crippen molar-refractivity contribution in [1.29, 1.82) is 5.26 Å². The Morgan fingerprint density at radius 3 is 2.96 bits per heavy atom. The number of esters is 1. The van der Waals surface area contributed by atoms with Crippen LogP contribution in [0.25, 0.3) is 0 Å². The number of thioether (sulfide) groups is 1. The quantitative estimate of drug-likeness (QED) is 0.504. The molecule has 2 rings (SSSR count). The number of ether oxygens (including phenoxy) is 1. The lowest BCUT2D eigenvalue weighted by molar-refractivity contribution is -0.147. The molecule has 1 aromatic rings. The number of carbonyl (C=O) groups excluding carboxylic acids is 1. The number of carbonyl (C=O) groups is 1. The molecule has 1 heterocycles. The van der Waals surface area contributed by atoms with E-state index < -0.39 is 5.56 Å². The Kier molecular flexibility index (Phi) is 6.22. The van der Waals surface area contributed by atoms with E-state index in [0.29, 0.717) is 23.2 Å². The number of aryl methyl sites for hydroxylation is 1. The van der Waals surface area contributed by atoms with Crippen LogP contribution in [0.4, 0.5) is 0 Å². The van der Waals surface area contributed by atoms with Gasteiger partial charge in [-0.05, 0) is 31.6 Å². The van der Waals surface area contributed by atoms with Gasteiger partial charge in [-0.25, -0.2) is 4.98 Å². The highest BCUT2D eigenvalue weighted by atomic mass is 32.2. The number of H-pyrrole nitrogens is 1. The molecule has 124 valence electrons. The Hall–Kier alpha value is -1.81. The molecule has 1 saturated carbocycles. The van der Waals surface area contributed by atoms with Crippen molar-refractivity contribution in [1.82, 2.24) is 9.97 Å². The smallest absolute Gasteiger partial charge is 0.316 e. The van der Waals surface area contributed by atoms with E-state index in [4.69, 9.17) is 10.00 Å². The minimum Gasteiger partial charge on any atom is -0.462 e. The lowest BCUT2D eigenvalue weighted by Crippen LogP contribution is -2.25. The van der Waals surface area contributed by atoms with Crippen LogP contribution in [0, 0.1) is 17.2 Å². The van der Waals surface area contributed by atoms with Gasteiger partial charge in [0, 0.05) is 0 Å². The standard InChI is InChI=1S/C16H21N3O3S/c1-3-13-12(8-17)15(21)19-16(18-13)23-9-14(20)22-11-6-4-5-10(2)7-11/h10-11H,3-7,9H2,1-2H3,(H,18,19,21)/t10-,11-/m0/s1. The number of aromatic amines is 1. The van der Waals surface area contributed by atoms with Gasteiger partial charge in [-0.2, -0.15) is 5.26 Å². The van der Waals surface area contributed by atoms with Gasteiger partial charge in [0.2, 0.25) is 0 Å². The molecule has 0 bridgehead atoms. The van der Waals surface area contributed by atoms with E-state index in [2.05, 4.69) is 16.9 Å². The normalized spacial score (nSPS) is 20.7. The largest absolute Gasteiger partial charge is 0.462 e. The van der Waals surface area contributed by atoms with Crippen LogP contribution in [0.3, 0.4) is 0 Å². The summed E-state index contributed by atoms with van der Waals surface area (Å²) >= 11 is 1.13. The Labute approximate surface area is 139 Å². The maximum absolute atomic E-state index is 11.9. The predicted molar refractivity (Wildman–Crippen MR) is 87.2 cm³/mol. The molecule has 0 radical (unpaired) electrons. The first-order chi connectivity index (χ1) is 11.0. The molecule has 23 heavy (non-hydrogen) atoms. The van der Waals surface area contributed by atoms with E-state index in [9.17, 15) is 9.59 Å². The van der Waals surface area contributed by atoms with Crippen molar-refractivity contribution in [2.45, 2.75) is 57.2 Å². The third kappa shape index (κ3) is 4.83. The van der Waals surface area contributed by atoms with Crippen LogP contribution in [0.5, 0.6) is 0 Å². The first kappa shape index (κ1) is 17.5. The first-order valence-corrected chi connectivity index (χ1v) is 8.87. The van der Waals surface area contributed by atoms with Gasteiger partial charge in [0.1, 0.15) is 17.7 Å². The predicted octanol–water partition coefficient (Wildman–Crippen LogP) is 2.42. The van der Waals surface area contributed by atoms with Crippen LogP contribution < -0.4 is 5.56 Å². The van der Waals surface area contributed by atoms with Crippen LogP contribution in [0.2, 0.25) is 0 Å². The molecule has 7 heteroatoms. The fourth-order valence-corrected chi connectivity index (χ4v) is 3.43. The summed E-state index contributed by atoms with van der Waals surface area (Å²) in [6, 6.07) is 1.86. The van der Waals surface area contributed by atoms with Gasteiger partial charge < -0.3 is 9.72 Å². The summed E-state index contributed by atoms with van der Waals surface area (Å²) in [7, 11) is 0. The third-order valence-corrected chi connectivity index (χ3v) is 4.78. The lowest BCUT2D eigenvalue weighted by atomic mass is 9.89. The highest BCUT2D eigenvalue weighted by molar-refractivity contribution is 7.99. The maximum Gasteiger partial charge on any atom is 0.316 e. The number of hydrogen-bond donors (Lipinski definition) is 1. The fourth-order valence-electron chi connectivity index (χ4n) is 2.77. The molecule has 0 aromatic carbocycles.